The lowest BCUT2D eigenvalue weighted by atomic mass is 10.2. The number of aromatic nitrogens is 2. The molecule has 4 heteroatoms. The van der Waals surface area contributed by atoms with E-state index in [1.165, 1.54) is 0 Å². The van der Waals surface area contributed by atoms with Gasteiger partial charge in [0.2, 0.25) is 5.88 Å². The number of ether oxygens (including phenoxy) is 1. The van der Waals surface area contributed by atoms with Gasteiger partial charge >= 0.3 is 0 Å². The third-order valence-electron chi connectivity index (χ3n) is 1.86. The van der Waals surface area contributed by atoms with Gasteiger partial charge < -0.3 is 10.5 Å². The molecular formula is C11H19N3O. The standard InChI is InChI=1S/C11H19N3O/c1-8(2)15-11-7-10(5-4-6-12)13-9(3)14-11/h7-8H,4-6,12H2,1-3H3. The number of hydrogen-bond donors (Lipinski definition) is 1. The van der Waals surface area contributed by atoms with E-state index in [4.69, 9.17) is 10.5 Å². The summed E-state index contributed by atoms with van der Waals surface area (Å²) in [5, 5.41) is 0. The third kappa shape index (κ3) is 4.25. The molecule has 15 heavy (non-hydrogen) atoms. The summed E-state index contributed by atoms with van der Waals surface area (Å²) in [6.07, 6.45) is 1.97. The maximum absolute atomic E-state index is 5.53. The van der Waals surface area contributed by atoms with Crippen LogP contribution in [0.15, 0.2) is 6.07 Å². The lowest BCUT2D eigenvalue weighted by molar-refractivity contribution is 0.231. The number of hydrogen-bond acceptors (Lipinski definition) is 4. The number of rotatable bonds is 5. The van der Waals surface area contributed by atoms with Crippen molar-refractivity contribution < 1.29 is 4.74 Å². The van der Waals surface area contributed by atoms with Gasteiger partial charge in [0.05, 0.1) is 6.10 Å². The van der Waals surface area contributed by atoms with Crippen LogP contribution in [0.3, 0.4) is 0 Å². The highest BCUT2D eigenvalue weighted by atomic mass is 16.5. The number of nitrogens with zero attached hydrogens (tertiary/aromatic N) is 2. The average molecular weight is 209 g/mol. The van der Waals surface area contributed by atoms with Crippen LogP contribution in [0.4, 0.5) is 0 Å². The van der Waals surface area contributed by atoms with E-state index in [1.807, 2.05) is 26.8 Å². The van der Waals surface area contributed by atoms with Gasteiger partial charge in [0, 0.05) is 11.8 Å². The fraction of sp³-hybridized carbons (Fsp3) is 0.636. The molecule has 1 aromatic heterocycles. The van der Waals surface area contributed by atoms with Crippen LogP contribution in [0.1, 0.15) is 31.8 Å². The Morgan fingerprint density at radius 1 is 1.40 bits per heavy atom. The summed E-state index contributed by atoms with van der Waals surface area (Å²) in [4.78, 5) is 8.55. The molecular weight excluding hydrogens is 190 g/mol. The molecule has 0 saturated carbocycles. The Balaban J connectivity index is 2.75. The molecule has 4 nitrogen and oxygen atoms in total. The Bertz CT molecular complexity index is 313. The van der Waals surface area contributed by atoms with E-state index in [1.54, 1.807) is 0 Å². The molecule has 0 aliphatic rings. The molecule has 0 amide bonds. The Labute approximate surface area is 90.9 Å². The topological polar surface area (TPSA) is 61.0 Å². The fourth-order valence-electron chi connectivity index (χ4n) is 1.31. The summed E-state index contributed by atoms with van der Waals surface area (Å²) in [5.41, 5.74) is 6.46. The summed E-state index contributed by atoms with van der Waals surface area (Å²) < 4.78 is 5.53. The maximum Gasteiger partial charge on any atom is 0.217 e. The van der Waals surface area contributed by atoms with E-state index in [0.717, 1.165) is 24.4 Å². The summed E-state index contributed by atoms with van der Waals surface area (Å²) >= 11 is 0. The van der Waals surface area contributed by atoms with Gasteiger partial charge in [-0.05, 0) is 40.2 Å². The maximum atomic E-state index is 5.53. The van der Waals surface area contributed by atoms with Crippen LogP contribution in [0.5, 0.6) is 5.88 Å². The zero-order valence-corrected chi connectivity index (χ0v) is 9.66. The highest BCUT2D eigenvalue weighted by Gasteiger charge is 2.04. The lowest BCUT2D eigenvalue weighted by Gasteiger charge is -2.10. The first-order valence-corrected chi connectivity index (χ1v) is 5.33. The highest BCUT2D eigenvalue weighted by Crippen LogP contribution is 2.12. The first-order chi connectivity index (χ1) is 7.11. The molecule has 1 rings (SSSR count). The van der Waals surface area contributed by atoms with Gasteiger partial charge in [-0.2, -0.15) is 4.98 Å². The van der Waals surface area contributed by atoms with Crippen molar-refractivity contribution in [3.8, 4) is 5.88 Å². The smallest absolute Gasteiger partial charge is 0.217 e. The minimum Gasteiger partial charge on any atom is -0.475 e. The molecule has 1 aromatic rings. The van der Waals surface area contributed by atoms with Crippen LogP contribution >= 0.6 is 0 Å². The van der Waals surface area contributed by atoms with E-state index in [9.17, 15) is 0 Å². The molecule has 2 N–H and O–H groups in total. The number of aryl methyl sites for hydroxylation is 2. The number of nitrogens with two attached hydrogens (primary N) is 1. The molecule has 0 saturated heterocycles. The summed E-state index contributed by atoms with van der Waals surface area (Å²) in [7, 11) is 0. The third-order valence-corrected chi connectivity index (χ3v) is 1.86. The Morgan fingerprint density at radius 2 is 2.13 bits per heavy atom. The average Bonchev–Trinajstić information content (AvgIpc) is 2.12. The van der Waals surface area contributed by atoms with E-state index < -0.39 is 0 Å². The minimum atomic E-state index is 0.140. The molecule has 0 aliphatic carbocycles. The van der Waals surface area contributed by atoms with Gasteiger partial charge in [0.15, 0.2) is 0 Å². The van der Waals surface area contributed by atoms with Gasteiger partial charge in [-0.1, -0.05) is 0 Å². The first kappa shape index (κ1) is 11.9. The highest BCUT2D eigenvalue weighted by molar-refractivity contribution is 5.16. The zero-order valence-electron chi connectivity index (χ0n) is 9.66. The molecule has 0 spiro atoms. The summed E-state index contributed by atoms with van der Waals surface area (Å²) in [6, 6.07) is 1.89. The quantitative estimate of drug-likeness (QED) is 0.797. The van der Waals surface area contributed by atoms with Crippen molar-refractivity contribution in [3.63, 3.8) is 0 Å². The van der Waals surface area contributed by atoms with E-state index in [2.05, 4.69) is 9.97 Å². The predicted molar refractivity (Wildman–Crippen MR) is 59.9 cm³/mol. The van der Waals surface area contributed by atoms with Crippen molar-refractivity contribution in [2.45, 2.75) is 39.7 Å². The molecule has 0 bridgehead atoms. The molecule has 84 valence electrons. The first-order valence-electron chi connectivity index (χ1n) is 5.33. The van der Waals surface area contributed by atoms with Crippen molar-refractivity contribution in [2.75, 3.05) is 6.54 Å². The van der Waals surface area contributed by atoms with E-state index >= 15 is 0 Å². The molecule has 0 unspecified atom stereocenters. The predicted octanol–water partition coefficient (Wildman–Crippen LogP) is 1.46. The second-order valence-electron chi connectivity index (χ2n) is 3.80. The normalized spacial score (nSPS) is 10.7. The monoisotopic (exact) mass is 209 g/mol. The van der Waals surface area contributed by atoms with Gasteiger partial charge in [-0.15, -0.1) is 0 Å². The molecule has 0 fully saturated rings. The van der Waals surface area contributed by atoms with Gasteiger partial charge in [0.25, 0.3) is 0 Å². The fourth-order valence-corrected chi connectivity index (χ4v) is 1.31. The van der Waals surface area contributed by atoms with Crippen LogP contribution < -0.4 is 10.5 Å². The molecule has 0 aliphatic heterocycles. The molecule has 0 radical (unpaired) electrons. The Hall–Kier alpha value is -1.16. The Morgan fingerprint density at radius 3 is 2.73 bits per heavy atom. The van der Waals surface area contributed by atoms with Crippen LogP contribution in [0.2, 0.25) is 0 Å². The van der Waals surface area contributed by atoms with Crippen LogP contribution in [0, 0.1) is 6.92 Å². The molecule has 0 atom stereocenters. The van der Waals surface area contributed by atoms with Crippen LogP contribution in [0.25, 0.3) is 0 Å². The van der Waals surface area contributed by atoms with E-state index in [0.29, 0.717) is 12.4 Å². The second kappa shape index (κ2) is 5.66. The van der Waals surface area contributed by atoms with Crippen molar-refractivity contribution in [2.24, 2.45) is 5.73 Å². The van der Waals surface area contributed by atoms with Crippen LogP contribution in [-0.4, -0.2) is 22.6 Å². The summed E-state index contributed by atoms with van der Waals surface area (Å²) in [5.74, 6) is 1.41. The SMILES string of the molecule is Cc1nc(CCCN)cc(OC(C)C)n1. The van der Waals surface area contributed by atoms with Crippen molar-refractivity contribution >= 4 is 0 Å². The summed E-state index contributed by atoms with van der Waals surface area (Å²) in [6.45, 7) is 6.52. The largest absolute Gasteiger partial charge is 0.475 e. The second-order valence-corrected chi connectivity index (χ2v) is 3.80. The zero-order chi connectivity index (χ0) is 11.3. The van der Waals surface area contributed by atoms with Crippen molar-refractivity contribution in [3.05, 3.63) is 17.6 Å². The van der Waals surface area contributed by atoms with Gasteiger partial charge in [-0.25, -0.2) is 4.98 Å². The molecule has 1 heterocycles. The van der Waals surface area contributed by atoms with Gasteiger partial charge in [-0.3, -0.25) is 0 Å². The molecule has 0 aromatic carbocycles. The minimum absolute atomic E-state index is 0.140. The van der Waals surface area contributed by atoms with E-state index in [-0.39, 0.29) is 6.10 Å². The Kier molecular flexibility index (Phi) is 4.49. The van der Waals surface area contributed by atoms with Crippen LogP contribution in [-0.2, 0) is 6.42 Å². The van der Waals surface area contributed by atoms with Gasteiger partial charge in [0.1, 0.15) is 5.82 Å². The van der Waals surface area contributed by atoms with Crippen molar-refractivity contribution in [1.29, 1.82) is 0 Å². The van der Waals surface area contributed by atoms with Crippen molar-refractivity contribution in [1.82, 2.24) is 9.97 Å². The lowest BCUT2D eigenvalue weighted by Crippen LogP contribution is -2.09.